The average molecular weight is 277 g/mol. The van der Waals surface area contributed by atoms with Gasteiger partial charge in [-0.25, -0.2) is 0 Å². The maximum atomic E-state index is 11.0. The molecule has 2 aromatic heterocycles. The van der Waals surface area contributed by atoms with Gasteiger partial charge in [-0.3, -0.25) is 4.79 Å². The van der Waals surface area contributed by atoms with E-state index >= 15 is 0 Å². The normalized spacial score (nSPS) is 11.8. The van der Waals surface area contributed by atoms with E-state index in [0.717, 1.165) is 17.5 Å². The largest absolute Gasteiger partial charge is 0.316 e. The molecule has 0 saturated carbocycles. The van der Waals surface area contributed by atoms with E-state index in [-0.39, 0.29) is 5.41 Å². The molecule has 0 fully saturated rings. The van der Waals surface area contributed by atoms with Crippen LogP contribution in [0.2, 0.25) is 0 Å². The summed E-state index contributed by atoms with van der Waals surface area (Å²) < 4.78 is 2.20. The Kier molecular flexibility index (Phi) is 3.17. The molecule has 21 heavy (non-hydrogen) atoms. The summed E-state index contributed by atoms with van der Waals surface area (Å²) in [5.74, 6) is 0. The van der Waals surface area contributed by atoms with E-state index in [4.69, 9.17) is 0 Å². The van der Waals surface area contributed by atoms with Crippen LogP contribution in [0.3, 0.4) is 0 Å². The molecule has 0 N–H and O–H groups in total. The zero-order chi connectivity index (χ0) is 15.0. The minimum absolute atomic E-state index is 0.119. The van der Waals surface area contributed by atoms with Crippen LogP contribution in [0, 0.1) is 0 Å². The number of hydrogen-bond donors (Lipinski definition) is 0. The van der Waals surface area contributed by atoms with Crippen molar-refractivity contribution in [3.63, 3.8) is 0 Å². The molecule has 0 amide bonds. The lowest BCUT2D eigenvalue weighted by atomic mass is 9.89. The maximum Gasteiger partial charge on any atom is 0.150 e. The maximum absolute atomic E-state index is 11.0. The van der Waals surface area contributed by atoms with Crippen LogP contribution in [0.5, 0.6) is 0 Å². The van der Waals surface area contributed by atoms with Crippen LogP contribution in [0.25, 0.3) is 16.8 Å². The van der Waals surface area contributed by atoms with E-state index in [1.165, 1.54) is 11.1 Å². The van der Waals surface area contributed by atoms with Crippen molar-refractivity contribution >= 4 is 11.8 Å². The Bertz CT molecular complexity index is 806. The number of carbonyl (C=O) groups is 1. The zero-order valence-electron chi connectivity index (χ0n) is 12.6. The molecule has 1 aromatic carbocycles. The Morgan fingerprint density at radius 2 is 1.76 bits per heavy atom. The Morgan fingerprint density at radius 3 is 2.48 bits per heavy atom. The predicted octanol–water partition coefficient (Wildman–Crippen LogP) is 4.72. The smallest absolute Gasteiger partial charge is 0.150 e. The molecule has 2 heterocycles. The summed E-state index contributed by atoms with van der Waals surface area (Å²) in [4.78, 5) is 11.0. The van der Waals surface area contributed by atoms with Gasteiger partial charge in [-0.2, -0.15) is 0 Å². The van der Waals surface area contributed by atoms with Crippen molar-refractivity contribution in [3.8, 4) is 11.3 Å². The molecule has 0 aliphatic rings. The van der Waals surface area contributed by atoms with Gasteiger partial charge in [0.2, 0.25) is 0 Å². The third-order valence-corrected chi connectivity index (χ3v) is 3.81. The zero-order valence-corrected chi connectivity index (χ0v) is 12.6. The van der Waals surface area contributed by atoms with Crippen LogP contribution in [0.15, 0.2) is 54.7 Å². The van der Waals surface area contributed by atoms with E-state index in [9.17, 15) is 4.79 Å². The lowest BCUT2D eigenvalue weighted by Crippen LogP contribution is -2.09. The number of fused-ring (bicyclic) bond motifs is 1. The molecule has 0 saturated heterocycles. The number of aldehydes is 1. The molecule has 3 aromatic rings. The minimum Gasteiger partial charge on any atom is -0.316 e. The average Bonchev–Trinajstić information content (AvgIpc) is 2.91. The van der Waals surface area contributed by atoms with Gasteiger partial charge in [0, 0.05) is 17.3 Å². The molecule has 106 valence electrons. The number of carbonyl (C=O) groups excluding carboxylic acids is 1. The predicted molar refractivity (Wildman–Crippen MR) is 86.9 cm³/mol. The highest BCUT2D eigenvalue weighted by Gasteiger charge is 2.16. The standard InChI is InChI=1S/C19H19NO/c1-19(2,3)16-11-17-8-5-9-18(20(17)12-16)15-7-4-6-14(10-15)13-21/h4-13H,1-3H3. The Morgan fingerprint density at radius 1 is 1.00 bits per heavy atom. The first-order valence-electron chi connectivity index (χ1n) is 7.16. The highest BCUT2D eigenvalue weighted by molar-refractivity contribution is 5.78. The van der Waals surface area contributed by atoms with Crippen molar-refractivity contribution in [1.82, 2.24) is 4.40 Å². The van der Waals surface area contributed by atoms with Gasteiger partial charge in [0.25, 0.3) is 0 Å². The number of nitrogens with zero attached hydrogens (tertiary/aromatic N) is 1. The van der Waals surface area contributed by atoms with E-state index in [2.05, 4.69) is 55.6 Å². The summed E-state index contributed by atoms with van der Waals surface area (Å²) in [5, 5.41) is 0. The van der Waals surface area contributed by atoms with Crippen molar-refractivity contribution < 1.29 is 4.79 Å². The van der Waals surface area contributed by atoms with Gasteiger partial charge in [-0.05, 0) is 40.8 Å². The quantitative estimate of drug-likeness (QED) is 0.621. The summed E-state index contributed by atoms with van der Waals surface area (Å²) in [6.07, 6.45) is 3.08. The van der Waals surface area contributed by atoms with Crippen molar-refractivity contribution in [2.75, 3.05) is 0 Å². The van der Waals surface area contributed by atoms with Gasteiger partial charge >= 0.3 is 0 Å². The molecule has 0 aliphatic carbocycles. The van der Waals surface area contributed by atoms with Gasteiger partial charge in [0.15, 0.2) is 0 Å². The van der Waals surface area contributed by atoms with Crippen LogP contribution >= 0.6 is 0 Å². The third kappa shape index (κ3) is 2.49. The van der Waals surface area contributed by atoms with E-state index < -0.39 is 0 Å². The molecule has 2 heteroatoms. The summed E-state index contributed by atoms with van der Waals surface area (Å²) in [6, 6.07) is 16.2. The molecule has 0 spiro atoms. The molecule has 0 unspecified atom stereocenters. The molecular formula is C19H19NO. The molecular weight excluding hydrogens is 258 g/mol. The number of aromatic nitrogens is 1. The monoisotopic (exact) mass is 277 g/mol. The van der Waals surface area contributed by atoms with Crippen molar-refractivity contribution in [1.29, 1.82) is 0 Å². The molecule has 0 aliphatic heterocycles. The van der Waals surface area contributed by atoms with Gasteiger partial charge in [-0.15, -0.1) is 0 Å². The van der Waals surface area contributed by atoms with Gasteiger partial charge < -0.3 is 4.40 Å². The first-order chi connectivity index (χ1) is 9.99. The number of pyridine rings is 1. The number of hydrogen-bond acceptors (Lipinski definition) is 1. The highest BCUT2D eigenvalue weighted by atomic mass is 16.1. The summed E-state index contributed by atoms with van der Waals surface area (Å²) in [6.45, 7) is 6.65. The van der Waals surface area contributed by atoms with Crippen LogP contribution in [0.4, 0.5) is 0 Å². The first kappa shape index (κ1) is 13.6. The van der Waals surface area contributed by atoms with E-state index in [0.29, 0.717) is 5.56 Å². The van der Waals surface area contributed by atoms with Crippen LogP contribution < -0.4 is 0 Å². The fraction of sp³-hybridized carbons (Fsp3) is 0.211. The molecule has 2 nitrogen and oxygen atoms in total. The second-order valence-corrected chi connectivity index (χ2v) is 6.43. The molecule has 0 bridgehead atoms. The van der Waals surface area contributed by atoms with Crippen LogP contribution in [-0.2, 0) is 5.41 Å². The fourth-order valence-corrected chi connectivity index (χ4v) is 2.55. The van der Waals surface area contributed by atoms with Crippen LogP contribution in [0.1, 0.15) is 36.7 Å². The minimum atomic E-state index is 0.119. The second kappa shape index (κ2) is 4.88. The second-order valence-electron chi connectivity index (χ2n) is 6.43. The van der Waals surface area contributed by atoms with Gasteiger partial charge in [0.1, 0.15) is 6.29 Å². The Labute approximate surface area is 125 Å². The lowest BCUT2D eigenvalue weighted by Gasteiger charge is -2.15. The molecule has 0 atom stereocenters. The molecule has 0 radical (unpaired) electrons. The molecule has 3 rings (SSSR count). The van der Waals surface area contributed by atoms with E-state index in [1.54, 1.807) is 0 Å². The van der Waals surface area contributed by atoms with E-state index in [1.807, 2.05) is 24.3 Å². The SMILES string of the molecule is CC(C)(C)c1cc2cccc(-c3cccc(C=O)c3)n2c1. The van der Waals surface area contributed by atoms with Crippen LogP contribution in [-0.4, -0.2) is 10.7 Å². The van der Waals surface area contributed by atoms with Crippen molar-refractivity contribution in [2.24, 2.45) is 0 Å². The Balaban J connectivity index is 2.22. The number of rotatable bonds is 2. The summed E-state index contributed by atoms with van der Waals surface area (Å²) >= 11 is 0. The van der Waals surface area contributed by atoms with Gasteiger partial charge in [0.05, 0.1) is 5.69 Å². The van der Waals surface area contributed by atoms with Gasteiger partial charge in [-0.1, -0.05) is 45.0 Å². The highest BCUT2D eigenvalue weighted by Crippen LogP contribution is 2.28. The van der Waals surface area contributed by atoms with Crippen molar-refractivity contribution in [2.45, 2.75) is 26.2 Å². The third-order valence-electron chi connectivity index (χ3n) is 3.81. The topological polar surface area (TPSA) is 21.5 Å². The summed E-state index contributed by atoms with van der Waals surface area (Å²) in [5.41, 5.74) is 5.46. The number of benzene rings is 1. The lowest BCUT2D eigenvalue weighted by molar-refractivity contribution is 0.112. The fourth-order valence-electron chi connectivity index (χ4n) is 2.55. The first-order valence-corrected chi connectivity index (χ1v) is 7.16. The summed E-state index contributed by atoms with van der Waals surface area (Å²) in [7, 11) is 0. The Hall–Kier alpha value is -2.35. The van der Waals surface area contributed by atoms with Crippen molar-refractivity contribution in [3.05, 3.63) is 65.9 Å².